The fraction of sp³-hybridized carbons (Fsp3) is 0.867. The van der Waals surface area contributed by atoms with Gasteiger partial charge in [-0.15, -0.1) is 0 Å². The highest BCUT2D eigenvalue weighted by molar-refractivity contribution is 5.26. The molecule has 0 aliphatic rings. The number of rotatable bonds is 8. The summed E-state index contributed by atoms with van der Waals surface area (Å²) in [5, 5.41) is 36.8. The zero-order chi connectivity index (χ0) is 18.3. The molecule has 0 fully saturated rings. The molecule has 0 rings (SSSR count). The van der Waals surface area contributed by atoms with E-state index < -0.39 is 5.41 Å². The number of aliphatic hydroxyl groups is 3. The van der Waals surface area contributed by atoms with Crippen LogP contribution in [0.25, 0.3) is 0 Å². The molecule has 0 amide bonds. The minimum Gasteiger partial charge on any atom is -0.396 e. The van der Waals surface area contributed by atoms with E-state index in [0.717, 1.165) is 12.2 Å². The van der Waals surface area contributed by atoms with Crippen molar-refractivity contribution in [3.05, 3.63) is 0 Å². The summed E-state index contributed by atoms with van der Waals surface area (Å²) in [6.45, 7) is 5.84. The van der Waals surface area contributed by atoms with Crippen LogP contribution in [0.3, 0.4) is 0 Å². The molecule has 0 aromatic rings. The first-order valence-corrected chi connectivity index (χ1v) is 7.39. The zero-order valence-corrected chi connectivity index (χ0v) is 14.0. The first kappa shape index (κ1) is 28.8. The second-order valence-corrected chi connectivity index (χ2v) is 4.59. The highest BCUT2D eigenvalue weighted by Gasteiger charge is 2.24. The molecule has 22 heavy (non-hydrogen) atoms. The topological polar surface area (TPSA) is 143 Å². The van der Waals surface area contributed by atoms with Gasteiger partial charge in [0.1, 0.15) is 0 Å². The quantitative estimate of drug-likeness (QED) is 0.264. The maximum absolute atomic E-state index is 8.66. The first-order chi connectivity index (χ1) is 10.5. The van der Waals surface area contributed by atoms with E-state index in [1.165, 1.54) is 32.1 Å². The van der Waals surface area contributed by atoms with Crippen LogP contribution >= 0.6 is 0 Å². The van der Waals surface area contributed by atoms with Crippen molar-refractivity contribution in [3.8, 4) is 0 Å². The van der Waals surface area contributed by atoms with Crippen LogP contribution in [0.5, 0.6) is 0 Å². The third-order valence-electron chi connectivity index (χ3n) is 2.96. The Kier molecular flexibility index (Phi) is 36.5. The number of nitrogens with one attached hydrogen (secondary N) is 2. The second kappa shape index (κ2) is 27.9. The Balaban J connectivity index is -0.000000110. The summed E-state index contributed by atoms with van der Waals surface area (Å²) in [6, 6.07) is 0. The third kappa shape index (κ3) is 27.1. The van der Waals surface area contributed by atoms with E-state index in [1.807, 2.05) is 6.92 Å². The SMILES string of the molecule is CCC(CO)(CO)CO.CCCCCCC.N=C=O.N=C=O. The van der Waals surface area contributed by atoms with Gasteiger partial charge in [0.15, 0.2) is 0 Å². The molecule has 0 heterocycles. The summed E-state index contributed by atoms with van der Waals surface area (Å²) >= 11 is 0. The average Bonchev–Trinajstić information content (AvgIpc) is 2.53. The van der Waals surface area contributed by atoms with Crippen LogP contribution in [0.2, 0.25) is 0 Å². The van der Waals surface area contributed by atoms with Gasteiger partial charge < -0.3 is 15.3 Å². The molecule has 0 bridgehead atoms. The van der Waals surface area contributed by atoms with Gasteiger partial charge in [-0.3, -0.25) is 0 Å². The smallest absolute Gasteiger partial charge is 0.231 e. The molecular formula is C15H32N2O5. The van der Waals surface area contributed by atoms with Crippen LogP contribution < -0.4 is 0 Å². The number of aliphatic hydroxyl groups excluding tert-OH is 3. The molecule has 0 unspecified atom stereocenters. The Hall–Kier alpha value is -1.36. The monoisotopic (exact) mass is 320 g/mol. The van der Waals surface area contributed by atoms with Gasteiger partial charge in [0.2, 0.25) is 12.2 Å². The van der Waals surface area contributed by atoms with Crippen molar-refractivity contribution >= 4 is 12.2 Å². The molecule has 0 spiro atoms. The number of hydrogen-bond acceptors (Lipinski definition) is 7. The summed E-state index contributed by atoms with van der Waals surface area (Å²) in [6.07, 6.45) is 9.10. The Morgan fingerprint density at radius 2 is 1.05 bits per heavy atom. The van der Waals surface area contributed by atoms with Crippen molar-refractivity contribution in [1.29, 1.82) is 10.8 Å². The van der Waals surface area contributed by atoms with Gasteiger partial charge in [0.25, 0.3) is 0 Å². The van der Waals surface area contributed by atoms with E-state index in [9.17, 15) is 0 Å². The van der Waals surface area contributed by atoms with E-state index >= 15 is 0 Å². The lowest BCUT2D eigenvalue weighted by atomic mass is 9.88. The molecule has 132 valence electrons. The molecule has 0 aromatic heterocycles. The number of isocyanates is 2. The molecule has 0 saturated heterocycles. The number of unbranched alkanes of at least 4 members (excludes halogenated alkanes) is 4. The Morgan fingerprint density at radius 3 is 1.14 bits per heavy atom. The van der Waals surface area contributed by atoms with Crippen LogP contribution in [0.4, 0.5) is 0 Å². The zero-order valence-electron chi connectivity index (χ0n) is 14.0. The molecule has 0 saturated carbocycles. The summed E-state index contributed by atoms with van der Waals surface area (Å²) in [4.78, 5) is 16.7. The van der Waals surface area contributed by atoms with Gasteiger partial charge >= 0.3 is 0 Å². The van der Waals surface area contributed by atoms with Crippen molar-refractivity contribution in [2.45, 2.75) is 59.3 Å². The van der Waals surface area contributed by atoms with Gasteiger partial charge in [-0.2, -0.15) is 0 Å². The standard InChI is InChI=1S/C7H16.C6H14O3.2CHNO/c1-3-5-7-6-4-2;1-2-6(3-7,4-8)5-9;2*2-1-3/h3-7H2,1-2H3;7-9H,2-5H2,1H3;2*2H. The predicted molar refractivity (Wildman–Crippen MR) is 85.2 cm³/mol. The lowest BCUT2D eigenvalue weighted by Gasteiger charge is -2.24. The molecule has 5 N–H and O–H groups in total. The fourth-order valence-corrected chi connectivity index (χ4v) is 1.16. The molecule has 0 radical (unpaired) electrons. The average molecular weight is 320 g/mol. The van der Waals surface area contributed by atoms with E-state index in [-0.39, 0.29) is 19.8 Å². The number of carbonyl (C=O) groups excluding carboxylic acids is 2. The van der Waals surface area contributed by atoms with Gasteiger partial charge in [0, 0.05) is 5.41 Å². The molecule has 0 atom stereocenters. The summed E-state index contributed by atoms with van der Waals surface area (Å²) in [7, 11) is 0. The second-order valence-electron chi connectivity index (χ2n) is 4.59. The minimum atomic E-state index is -0.667. The summed E-state index contributed by atoms with van der Waals surface area (Å²) < 4.78 is 0. The summed E-state index contributed by atoms with van der Waals surface area (Å²) in [5.41, 5.74) is -0.667. The molecule has 7 nitrogen and oxygen atoms in total. The van der Waals surface area contributed by atoms with Crippen LogP contribution in [-0.2, 0) is 9.59 Å². The van der Waals surface area contributed by atoms with Crippen molar-refractivity contribution in [2.75, 3.05) is 19.8 Å². The van der Waals surface area contributed by atoms with Crippen LogP contribution in [0, 0.1) is 16.2 Å². The molecule has 0 aromatic carbocycles. The van der Waals surface area contributed by atoms with E-state index in [0.29, 0.717) is 6.42 Å². The van der Waals surface area contributed by atoms with Crippen LogP contribution in [-0.4, -0.2) is 47.3 Å². The van der Waals surface area contributed by atoms with Gasteiger partial charge in [-0.1, -0.05) is 52.9 Å². The minimum absolute atomic E-state index is 0.156. The maximum atomic E-state index is 8.66. The van der Waals surface area contributed by atoms with Crippen LogP contribution in [0.1, 0.15) is 59.3 Å². The normalized spacial score (nSPS) is 8.64. The van der Waals surface area contributed by atoms with Crippen molar-refractivity contribution in [2.24, 2.45) is 5.41 Å². The van der Waals surface area contributed by atoms with Crippen molar-refractivity contribution in [3.63, 3.8) is 0 Å². The van der Waals surface area contributed by atoms with E-state index in [2.05, 4.69) is 13.8 Å². The fourth-order valence-electron chi connectivity index (χ4n) is 1.16. The van der Waals surface area contributed by atoms with Gasteiger partial charge in [-0.05, 0) is 6.42 Å². The lowest BCUT2D eigenvalue weighted by Crippen LogP contribution is -2.32. The maximum Gasteiger partial charge on any atom is 0.231 e. The van der Waals surface area contributed by atoms with Crippen LogP contribution in [0.15, 0.2) is 0 Å². The van der Waals surface area contributed by atoms with Gasteiger partial charge in [0.05, 0.1) is 19.8 Å². The molecule has 7 heteroatoms. The Morgan fingerprint density at radius 1 is 0.773 bits per heavy atom. The largest absolute Gasteiger partial charge is 0.396 e. The van der Waals surface area contributed by atoms with E-state index in [4.69, 9.17) is 35.7 Å². The predicted octanol–water partition coefficient (Wildman–Crippen LogP) is 2.14. The lowest BCUT2D eigenvalue weighted by molar-refractivity contribution is 0.00304. The number of hydrogen-bond donors (Lipinski definition) is 5. The Labute approximate surface area is 133 Å². The van der Waals surface area contributed by atoms with E-state index in [1.54, 1.807) is 0 Å². The molecule has 0 aliphatic carbocycles. The third-order valence-corrected chi connectivity index (χ3v) is 2.96. The highest BCUT2D eigenvalue weighted by atomic mass is 16.3. The molecule has 0 aliphatic heterocycles. The molecular weight excluding hydrogens is 288 g/mol. The highest BCUT2D eigenvalue weighted by Crippen LogP contribution is 2.18. The Bertz CT molecular complexity index is 223. The van der Waals surface area contributed by atoms with Crippen molar-refractivity contribution in [1.82, 2.24) is 0 Å². The van der Waals surface area contributed by atoms with Crippen molar-refractivity contribution < 1.29 is 24.9 Å². The summed E-state index contributed by atoms with van der Waals surface area (Å²) in [5.74, 6) is 0. The van der Waals surface area contributed by atoms with Gasteiger partial charge in [-0.25, -0.2) is 20.4 Å². The first-order valence-electron chi connectivity index (χ1n) is 7.39.